The van der Waals surface area contributed by atoms with Crippen LogP contribution in [0.1, 0.15) is 5.82 Å². The predicted molar refractivity (Wildman–Crippen MR) is 85.5 cm³/mol. The van der Waals surface area contributed by atoms with Gasteiger partial charge in [0.25, 0.3) is 0 Å². The monoisotopic (exact) mass is 342 g/mol. The van der Waals surface area contributed by atoms with Crippen LogP contribution in [0.2, 0.25) is 10.0 Å². The Morgan fingerprint density at radius 2 is 1.76 bits per heavy atom. The molecule has 1 aromatic heterocycles. The van der Waals surface area contributed by atoms with Gasteiger partial charge in [0.2, 0.25) is 0 Å². The fourth-order valence-electron chi connectivity index (χ4n) is 2.29. The molecule has 0 aliphatic rings. The van der Waals surface area contributed by atoms with E-state index in [1.807, 2.05) is 6.07 Å². The van der Waals surface area contributed by atoms with E-state index in [0.717, 1.165) is 5.52 Å². The molecular formula is C15H10Cl3FN2. The summed E-state index contributed by atoms with van der Waals surface area (Å²) in [6.45, 7) is 0. The molecule has 21 heavy (non-hydrogen) atoms. The molecule has 0 N–H and O–H groups in total. The van der Waals surface area contributed by atoms with Crippen molar-refractivity contribution in [2.45, 2.75) is 6.42 Å². The topological polar surface area (TPSA) is 17.8 Å². The van der Waals surface area contributed by atoms with Crippen molar-refractivity contribution in [2.75, 3.05) is 5.88 Å². The van der Waals surface area contributed by atoms with Crippen LogP contribution in [0.5, 0.6) is 0 Å². The number of imidazole rings is 1. The standard InChI is InChI=1S/C15H10Cl3FN2/c16-6-5-15-20-12-8-10(18)2-4-14(12)21(15)13-3-1-9(17)7-11(13)19/h1-4,7-8H,5-6H2. The molecule has 6 heteroatoms. The van der Waals surface area contributed by atoms with Crippen molar-refractivity contribution in [3.8, 4) is 5.69 Å². The zero-order chi connectivity index (χ0) is 15.0. The molecule has 0 atom stereocenters. The number of hydrogen-bond acceptors (Lipinski definition) is 1. The second-order valence-corrected chi connectivity index (χ2v) is 5.78. The Bertz CT molecular complexity index is 814. The van der Waals surface area contributed by atoms with Gasteiger partial charge in [-0.2, -0.15) is 0 Å². The van der Waals surface area contributed by atoms with Gasteiger partial charge in [0.05, 0.1) is 16.7 Å². The maximum absolute atomic E-state index is 14.2. The Kier molecular flexibility index (Phi) is 4.07. The average Bonchev–Trinajstić information content (AvgIpc) is 2.76. The highest BCUT2D eigenvalue weighted by molar-refractivity contribution is 6.31. The van der Waals surface area contributed by atoms with Crippen molar-refractivity contribution >= 4 is 45.8 Å². The van der Waals surface area contributed by atoms with E-state index in [-0.39, 0.29) is 0 Å². The minimum atomic E-state index is -0.410. The summed E-state index contributed by atoms with van der Waals surface area (Å²) in [4.78, 5) is 4.50. The molecule has 1 heterocycles. The zero-order valence-corrected chi connectivity index (χ0v) is 13.1. The molecule has 0 saturated carbocycles. The van der Waals surface area contributed by atoms with Crippen LogP contribution in [0, 0.1) is 5.82 Å². The van der Waals surface area contributed by atoms with E-state index >= 15 is 0 Å². The van der Waals surface area contributed by atoms with Gasteiger partial charge in [-0.3, -0.25) is 4.57 Å². The van der Waals surface area contributed by atoms with Crippen LogP contribution in [0.4, 0.5) is 4.39 Å². The van der Waals surface area contributed by atoms with Crippen LogP contribution in [-0.2, 0) is 6.42 Å². The summed E-state index contributed by atoms with van der Waals surface area (Å²) >= 11 is 17.6. The van der Waals surface area contributed by atoms with Crippen molar-refractivity contribution < 1.29 is 4.39 Å². The van der Waals surface area contributed by atoms with Gasteiger partial charge in [-0.15, -0.1) is 11.6 Å². The van der Waals surface area contributed by atoms with Crippen molar-refractivity contribution in [2.24, 2.45) is 0 Å². The number of benzene rings is 2. The molecule has 2 aromatic carbocycles. The maximum atomic E-state index is 14.2. The SMILES string of the molecule is Fc1cc(Cl)ccc1-n1c(CCCl)nc2cc(Cl)ccc21. The van der Waals surface area contributed by atoms with Crippen LogP contribution in [0.15, 0.2) is 36.4 Å². The highest BCUT2D eigenvalue weighted by atomic mass is 35.5. The van der Waals surface area contributed by atoms with Crippen LogP contribution < -0.4 is 0 Å². The van der Waals surface area contributed by atoms with Crippen LogP contribution in [0.3, 0.4) is 0 Å². The number of alkyl halides is 1. The minimum Gasteiger partial charge on any atom is -0.293 e. The normalized spacial score (nSPS) is 11.2. The smallest absolute Gasteiger partial charge is 0.148 e. The van der Waals surface area contributed by atoms with E-state index in [9.17, 15) is 4.39 Å². The highest BCUT2D eigenvalue weighted by Gasteiger charge is 2.15. The van der Waals surface area contributed by atoms with E-state index in [4.69, 9.17) is 34.8 Å². The highest BCUT2D eigenvalue weighted by Crippen LogP contribution is 2.27. The van der Waals surface area contributed by atoms with Crippen molar-refractivity contribution in [1.29, 1.82) is 0 Å². The number of aryl methyl sites for hydroxylation is 1. The van der Waals surface area contributed by atoms with Crippen LogP contribution in [-0.4, -0.2) is 15.4 Å². The number of aromatic nitrogens is 2. The van der Waals surface area contributed by atoms with Gasteiger partial charge in [-0.1, -0.05) is 23.2 Å². The Morgan fingerprint density at radius 3 is 2.48 bits per heavy atom. The van der Waals surface area contributed by atoms with Crippen LogP contribution >= 0.6 is 34.8 Å². The Morgan fingerprint density at radius 1 is 1.05 bits per heavy atom. The summed E-state index contributed by atoms with van der Waals surface area (Å²) in [6, 6.07) is 9.87. The largest absolute Gasteiger partial charge is 0.293 e. The fourth-order valence-corrected chi connectivity index (χ4v) is 2.78. The Balaban J connectivity index is 2.30. The van der Waals surface area contributed by atoms with E-state index in [0.29, 0.717) is 39.4 Å². The molecule has 3 rings (SSSR count). The molecule has 0 bridgehead atoms. The third-order valence-electron chi connectivity index (χ3n) is 3.15. The molecule has 108 valence electrons. The molecule has 0 fully saturated rings. The second-order valence-electron chi connectivity index (χ2n) is 4.53. The lowest BCUT2D eigenvalue weighted by Crippen LogP contribution is -2.04. The molecule has 0 spiro atoms. The fraction of sp³-hybridized carbons (Fsp3) is 0.133. The molecule has 0 unspecified atom stereocenters. The summed E-state index contributed by atoms with van der Waals surface area (Å²) in [7, 11) is 0. The first-order chi connectivity index (χ1) is 10.1. The second kappa shape index (κ2) is 5.84. The van der Waals surface area contributed by atoms with Gasteiger partial charge >= 0.3 is 0 Å². The van der Waals surface area contributed by atoms with Crippen molar-refractivity contribution in [1.82, 2.24) is 9.55 Å². The molecule has 0 saturated heterocycles. The lowest BCUT2D eigenvalue weighted by molar-refractivity contribution is 0.617. The third kappa shape index (κ3) is 2.73. The first kappa shape index (κ1) is 14.6. The molecule has 2 nitrogen and oxygen atoms in total. The summed E-state index contributed by atoms with van der Waals surface area (Å²) in [5.74, 6) is 0.669. The number of halogens is 4. The average molecular weight is 344 g/mol. The quantitative estimate of drug-likeness (QED) is 0.594. The van der Waals surface area contributed by atoms with E-state index in [1.165, 1.54) is 6.07 Å². The van der Waals surface area contributed by atoms with Crippen molar-refractivity contribution in [3.05, 3.63) is 58.1 Å². The zero-order valence-electron chi connectivity index (χ0n) is 10.8. The summed E-state index contributed by atoms with van der Waals surface area (Å²) in [5.41, 5.74) is 1.88. The van der Waals surface area contributed by atoms with Gasteiger partial charge in [-0.05, 0) is 36.4 Å². The van der Waals surface area contributed by atoms with Gasteiger partial charge in [0.1, 0.15) is 11.6 Å². The molecular weight excluding hydrogens is 334 g/mol. The van der Waals surface area contributed by atoms with Gasteiger partial charge in [-0.25, -0.2) is 9.37 Å². The molecule has 3 aromatic rings. The Hall–Kier alpha value is -1.29. The lowest BCUT2D eigenvalue weighted by atomic mass is 10.2. The molecule has 0 aliphatic heterocycles. The number of hydrogen-bond donors (Lipinski definition) is 0. The molecule has 0 amide bonds. The van der Waals surface area contributed by atoms with Gasteiger partial charge < -0.3 is 0 Å². The Labute approximate surface area is 136 Å². The molecule has 0 aliphatic carbocycles. The number of nitrogens with zero attached hydrogens (tertiary/aromatic N) is 2. The summed E-state index contributed by atoms with van der Waals surface area (Å²) < 4.78 is 16.0. The van der Waals surface area contributed by atoms with Crippen LogP contribution in [0.25, 0.3) is 16.7 Å². The van der Waals surface area contributed by atoms with Gasteiger partial charge in [0.15, 0.2) is 0 Å². The predicted octanol–water partition coefficient (Wildman–Crippen LogP) is 5.25. The lowest BCUT2D eigenvalue weighted by Gasteiger charge is -2.10. The minimum absolute atomic E-state index is 0.350. The maximum Gasteiger partial charge on any atom is 0.148 e. The van der Waals surface area contributed by atoms with Gasteiger partial charge in [0, 0.05) is 22.3 Å². The summed E-state index contributed by atoms with van der Waals surface area (Å²) in [5, 5.41) is 0.934. The van der Waals surface area contributed by atoms with E-state index < -0.39 is 5.82 Å². The third-order valence-corrected chi connectivity index (χ3v) is 3.81. The number of rotatable bonds is 3. The first-order valence-corrected chi connectivity index (χ1v) is 7.57. The van der Waals surface area contributed by atoms with E-state index in [2.05, 4.69) is 4.98 Å². The summed E-state index contributed by atoms with van der Waals surface area (Å²) in [6.07, 6.45) is 0.524. The number of fused-ring (bicyclic) bond motifs is 1. The molecule has 0 radical (unpaired) electrons. The van der Waals surface area contributed by atoms with Crippen molar-refractivity contribution in [3.63, 3.8) is 0 Å². The van der Waals surface area contributed by atoms with E-state index in [1.54, 1.807) is 28.8 Å². The first-order valence-electron chi connectivity index (χ1n) is 6.28.